The first-order valence-electron chi connectivity index (χ1n) is 4.63. The Labute approximate surface area is 90.5 Å². The summed E-state index contributed by atoms with van der Waals surface area (Å²) in [5.41, 5.74) is 0.270. The van der Waals surface area contributed by atoms with Gasteiger partial charge in [-0.1, -0.05) is 0 Å². The Bertz CT molecular complexity index is 544. The summed E-state index contributed by atoms with van der Waals surface area (Å²) in [6, 6.07) is 4.33. The fourth-order valence-corrected chi connectivity index (χ4v) is 1.40. The van der Waals surface area contributed by atoms with E-state index in [9.17, 15) is 13.6 Å². The molecule has 0 N–H and O–H groups in total. The first-order valence-corrected chi connectivity index (χ1v) is 4.63. The maximum atomic E-state index is 13.3. The highest BCUT2D eigenvalue weighted by atomic mass is 19.1. The number of hydrogen-bond acceptors (Lipinski definition) is 2. The van der Waals surface area contributed by atoms with Crippen molar-refractivity contribution < 1.29 is 18.0 Å². The topological polar surface area (TPSA) is 30.2 Å². The van der Waals surface area contributed by atoms with Gasteiger partial charge in [-0.25, -0.2) is 8.78 Å². The van der Waals surface area contributed by atoms with Crippen molar-refractivity contribution in [2.75, 3.05) is 0 Å². The molecule has 0 saturated carbocycles. The van der Waals surface area contributed by atoms with Gasteiger partial charge in [0, 0.05) is 0 Å². The van der Waals surface area contributed by atoms with Crippen LogP contribution in [-0.2, 0) is 0 Å². The van der Waals surface area contributed by atoms with Crippen molar-refractivity contribution in [3.63, 3.8) is 0 Å². The molecule has 0 aliphatic rings. The molecule has 2 aromatic rings. The molecule has 1 aromatic heterocycles. The third-order valence-corrected chi connectivity index (χ3v) is 2.24. The van der Waals surface area contributed by atoms with Crippen LogP contribution >= 0.6 is 0 Å². The van der Waals surface area contributed by atoms with Gasteiger partial charge in [0.1, 0.15) is 11.6 Å². The van der Waals surface area contributed by atoms with Gasteiger partial charge in [-0.15, -0.1) is 0 Å². The number of carbonyl (C=O) groups excluding carboxylic acids is 1. The van der Waals surface area contributed by atoms with Crippen LogP contribution in [0.15, 0.2) is 34.9 Å². The largest absolute Gasteiger partial charge is 0.461 e. The molecule has 1 heterocycles. The number of rotatable bonds is 2. The highest BCUT2D eigenvalue weighted by molar-refractivity contribution is 6.08. The number of hydrogen-bond donors (Lipinski definition) is 0. The lowest BCUT2D eigenvalue weighted by atomic mass is 10.1. The number of benzene rings is 1. The van der Waals surface area contributed by atoms with E-state index < -0.39 is 17.4 Å². The molecule has 0 fully saturated rings. The molecule has 0 atom stereocenters. The molecule has 0 amide bonds. The normalized spacial score (nSPS) is 10.4. The van der Waals surface area contributed by atoms with Gasteiger partial charge >= 0.3 is 0 Å². The standard InChI is InChI=1S/C12H8F2O2/c1-7-4-5-16-12(7)11(15)9-6-8(13)2-3-10(9)14/h2-6H,1H3. The van der Waals surface area contributed by atoms with Crippen LogP contribution in [0.4, 0.5) is 8.78 Å². The molecule has 0 aliphatic carbocycles. The van der Waals surface area contributed by atoms with E-state index in [0.29, 0.717) is 5.56 Å². The summed E-state index contributed by atoms with van der Waals surface area (Å²) in [5, 5.41) is 0. The molecule has 0 spiro atoms. The predicted molar refractivity (Wildman–Crippen MR) is 53.2 cm³/mol. The molecule has 0 aliphatic heterocycles. The lowest BCUT2D eigenvalue weighted by Crippen LogP contribution is -2.05. The Kier molecular flexibility index (Phi) is 2.56. The van der Waals surface area contributed by atoms with Crippen LogP contribution in [-0.4, -0.2) is 5.78 Å². The Morgan fingerprint density at radius 2 is 2.00 bits per heavy atom. The minimum absolute atomic E-state index is 0.0319. The Balaban J connectivity index is 2.49. The second kappa shape index (κ2) is 3.89. The zero-order valence-electron chi connectivity index (χ0n) is 8.46. The average molecular weight is 222 g/mol. The predicted octanol–water partition coefficient (Wildman–Crippen LogP) is 3.10. The molecule has 0 unspecified atom stereocenters. The lowest BCUT2D eigenvalue weighted by Gasteiger charge is -2.01. The molecular weight excluding hydrogens is 214 g/mol. The van der Waals surface area contributed by atoms with Gasteiger partial charge in [0.05, 0.1) is 11.8 Å². The average Bonchev–Trinajstić information content (AvgIpc) is 2.67. The summed E-state index contributed by atoms with van der Waals surface area (Å²) in [4.78, 5) is 11.8. The Morgan fingerprint density at radius 1 is 1.25 bits per heavy atom. The summed E-state index contributed by atoms with van der Waals surface area (Å²) in [6.07, 6.45) is 1.33. The third-order valence-electron chi connectivity index (χ3n) is 2.24. The van der Waals surface area contributed by atoms with Crippen molar-refractivity contribution in [3.05, 3.63) is 59.1 Å². The summed E-state index contributed by atoms with van der Waals surface area (Å²) in [5.74, 6) is -2.04. The van der Waals surface area contributed by atoms with Crippen molar-refractivity contribution in [2.45, 2.75) is 6.92 Å². The molecule has 2 rings (SSSR count). The monoisotopic (exact) mass is 222 g/mol. The molecule has 1 aromatic carbocycles. The second-order valence-corrected chi connectivity index (χ2v) is 3.39. The van der Waals surface area contributed by atoms with Crippen LogP contribution < -0.4 is 0 Å². The van der Waals surface area contributed by atoms with Gasteiger partial charge in [-0.05, 0) is 36.8 Å². The van der Waals surface area contributed by atoms with Crippen molar-refractivity contribution in [1.29, 1.82) is 0 Å². The van der Waals surface area contributed by atoms with Gasteiger partial charge in [0.25, 0.3) is 0 Å². The van der Waals surface area contributed by atoms with Crippen LogP contribution in [0.1, 0.15) is 21.7 Å². The van der Waals surface area contributed by atoms with E-state index in [4.69, 9.17) is 4.42 Å². The number of aryl methyl sites for hydroxylation is 1. The highest BCUT2D eigenvalue weighted by Gasteiger charge is 2.19. The van der Waals surface area contributed by atoms with Crippen molar-refractivity contribution in [1.82, 2.24) is 0 Å². The van der Waals surface area contributed by atoms with Gasteiger partial charge in [-0.3, -0.25) is 4.79 Å². The van der Waals surface area contributed by atoms with Gasteiger partial charge in [-0.2, -0.15) is 0 Å². The van der Waals surface area contributed by atoms with Crippen molar-refractivity contribution >= 4 is 5.78 Å². The fourth-order valence-electron chi connectivity index (χ4n) is 1.40. The summed E-state index contributed by atoms with van der Waals surface area (Å²) in [7, 11) is 0. The van der Waals surface area contributed by atoms with Gasteiger partial charge < -0.3 is 4.42 Å². The van der Waals surface area contributed by atoms with E-state index >= 15 is 0 Å². The fraction of sp³-hybridized carbons (Fsp3) is 0.0833. The van der Waals surface area contributed by atoms with Gasteiger partial charge in [0.2, 0.25) is 5.78 Å². The van der Waals surface area contributed by atoms with Crippen molar-refractivity contribution in [3.8, 4) is 0 Å². The van der Waals surface area contributed by atoms with E-state index in [2.05, 4.69) is 0 Å². The summed E-state index contributed by atoms with van der Waals surface area (Å²) in [6.45, 7) is 1.66. The molecule has 0 saturated heterocycles. The molecular formula is C12H8F2O2. The van der Waals surface area contributed by atoms with E-state index in [0.717, 1.165) is 18.2 Å². The molecule has 0 bridgehead atoms. The second-order valence-electron chi connectivity index (χ2n) is 3.39. The molecule has 0 radical (unpaired) electrons. The number of halogens is 2. The zero-order valence-corrected chi connectivity index (χ0v) is 8.46. The van der Waals surface area contributed by atoms with Crippen molar-refractivity contribution in [2.24, 2.45) is 0 Å². The SMILES string of the molecule is Cc1ccoc1C(=O)c1cc(F)ccc1F. The quantitative estimate of drug-likeness (QED) is 0.731. The minimum atomic E-state index is -0.762. The number of ketones is 1. The lowest BCUT2D eigenvalue weighted by molar-refractivity contribution is 0.100. The molecule has 4 heteroatoms. The van der Waals surface area contributed by atoms with Crippen LogP contribution in [0.3, 0.4) is 0 Å². The van der Waals surface area contributed by atoms with Crippen LogP contribution in [0, 0.1) is 18.6 Å². The van der Waals surface area contributed by atoms with Gasteiger partial charge in [0.15, 0.2) is 5.76 Å². The molecule has 82 valence electrons. The molecule has 16 heavy (non-hydrogen) atoms. The number of furan rings is 1. The maximum Gasteiger partial charge on any atom is 0.231 e. The van der Waals surface area contributed by atoms with Crippen LogP contribution in [0.2, 0.25) is 0 Å². The highest BCUT2D eigenvalue weighted by Crippen LogP contribution is 2.18. The first-order chi connectivity index (χ1) is 7.59. The number of carbonyl (C=O) groups is 1. The zero-order chi connectivity index (χ0) is 11.7. The summed E-state index contributed by atoms with van der Waals surface area (Å²) < 4.78 is 31.2. The third kappa shape index (κ3) is 1.74. The van der Waals surface area contributed by atoms with E-state index in [1.165, 1.54) is 6.26 Å². The smallest absolute Gasteiger partial charge is 0.231 e. The van der Waals surface area contributed by atoms with Crippen LogP contribution in [0.5, 0.6) is 0 Å². The Morgan fingerprint density at radius 3 is 2.62 bits per heavy atom. The van der Waals surface area contributed by atoms with E-state index in [-0.39, 0.29) is 11.3 Å². The Hall–Kier alpha value is -1.97. The van der Waals surface area contributed by atoms with Crippen LogP contribution in [0.25, 0.3) is 0 Å². The molecule has 2 nitrogen and oxygen atoms in total. The first kappa shape index (κ1) is 10.5. The van der Waals surface area contributed by atoms with E-state index in [1.54, 1.807) is 13.0 Å². The summed E-state index contributed by atoms with van der Waals surface area (Å²) >= 11 is 0. The van der Waals surface area contributed by atoms with E-state index in [1.807, 2.05) is 0 Å². The maximum absolute atomic E-state index is 13.3. The minimum Gasteiger partial charge on any atom is -0.461 e.